The molecule has 0 aromatic carbocycles. The second-order valence-electron chi connectivity index (χ2n) is 7.45. The third-order valence-corrected chi connectivity index (χ3v) is 4.43. The number of hydroxylamine groups is 6. The molecule has 12 nitrogen and oxygen atoms in total. The van der Waals surface area contributed by atoms with Crippen LogP contribution in [-0.2, 0) is 19.3 Å². The molecule has 0 saturated carbocycles. The normalized spacial score (nSPS) is 11.4. The van der Waals surface area contributed by atoms with Crippen LogP contribution in [0.25, 0.3) is 0 Å². The SMILES string of the molecule is CCCCOCCO.CCCCOS(=O)(=O)O.CC[N+](C)(C)[O-].CC[N+]([O-])(CCO)CCO. The first-order valence-corrected chi connectivity index (χ1v) is 12.7. The van der Waals surface area contributed by atoms with Crippen molar-refractivity contribution in [3.8, 4) is 0 Å². The van der Waals surface area contributed by atoms with Gasteiger partial charge in [0.1, 0.15) is 13.1 Å². The van der Waals surface area contributed by atoms with Crippen molar-refractivity contribution >= 4 is 10.4 Å². The van der Waals surface area contributed by atoms with Gasteiger partial charge in [-0.1, -0.05) is 26.7 Å². The molecule has 206 valence electrons. The molecule has 0 aliphatic rings. The summed E-state index contributed by atoms with van der Waals surface area (Å²) < 4.78 is 36.0. The first-order chi connectivity index (χ1) is 15.2. The summed E-state index contributed by atoms with van der Waals surface area (Å²) >= 11 is 0. The molecule has 33 heavy (non-hydrogen) atoms. The predicted octanol–water partition coefficient (Wildman–Crippen LogP) is 1.29. The quantitative estimate of drug-likeness (QED) is 0.108. The highest BCUT2D eigenvalue weighted by Crippen LogP contribution is 2.00. The van der Waals surface area contributed by atoms with Crippen molar-refractivity contribution in [2.75, 3.05) is 79.9 Å². The lowest BCUT2D eigenvalue weighted by Gasteiger charge is -2.40. The van der Waals surface area contributed by atoms with Gasteiger partial charge in [0, 0.05) is 6.61 Å². The van der Waals surface area contributed by atoms with Crippen LogP contribution in [0.4, 0.5) is 0 Å². The maximum absolute atomic E-state index is 11.3. The molecule has 0 aromatic heterocycles. The minimum absolute atomic E-state index is 0.0648. The van der Waals surface area contributed by atoms with Gasteiger partial charge in [-0.15, -0.1) is 0 Å². The second kappa shape index (κ2) is 26.2. The molecule has 0 bridgehead atoms. The molecular formula is C20H50N2O10S. The number of quaternary nitrogens is 2. The number of ether oxygens (including phenoxy) is 1. The Kier molecular flexibility index (Phi) is 31.5. The zero-order valence-electron chi connectivity index (χ0n) is 21.4. The minimum atomic E-state index is -4.20. The highest BCUT2D eigenvalue weighted by atomic mass is 32.3. The standard InChI is InChI=1S/C6H15NO3.C6H14O2.C4H11NO.C4H10O4S/c1-2-7(10,3-5-8)4-6-9;1-2-3-5-8-6-4-7;1-4-5(2,3)6;1-2-3-4-8-9(5,6)7/h8-9H,2-6H2,1H3;7H,2-6H2,1H3;4H2,1-3H3;2-4H2,1H3,(H,5,6,7). The number of aliphatic hydroxyl groups is 3. The first kappa shape index (κ1) is 39.8. The van der Waals surface area contributed by atoms with Crippen LogP contribution in [0, 0.1) is 10.4 Å². The van der Waals surface area contributed by atoms with Crippen LogP contribution < -0.4 is 0 Å². The largest absolute Gasteiger partial charge is 0.633 e. The number of aliphatic hydroxyl groups excluding tert-OH is 3. The lowest BCUT2D eigenvalue weighted by Crippen LogP contribution is -2.46. The molecule has 0 amide bonds. The van der Waals surface area contributed by atoms with Crippen molar-refractivity contribution in [3.63, 3.8) is 0 Å². The Balaban J connectivity index is -0.000000173. The van der Waals surface area contributed by atoms with Crippen LogP contribution in [0.3, 0.4) is 0 Å². The van der Waals surface area contributed by atoms with E-state index in [4.69, 9.17) is 24.6 Å². The third-order valence-electron chi connectivity index (χ3n) is 3.96. The highest BCUT2D eigenvalue weighted by Gasteiger charge is 2.11. The number of rotatable bonds is 15. The summed E-state index contributed by atoms with van der Waals surface area (Å²) in [7, 11) is -0.946. The molecular weight excluding hydrogens is 460 g/mol. The summed E-state index contributed by atoms with van der Waals surface area (Å²) in [6, 6.07) is 0. The van der Waals surface area contributed by atoms with Crippen LogP contribution >= 0.6 is 0 Å². The smallest absolute Gasteiger partial charge is 0.397 e. The summed E-state index contributed by atoms with van der Waals surface area (Å²) in [5, 5.41) is 46.9. The monoisotopic (exact) mass is 510 g/mol. The summed E-state index contributed by atoms with van der Waals surface area (Å²) in [5.41, 5.74) is 0. The summed E-state index contributed by atoms with van der Waals surface area (Å²) in [5.74, 6) is 0. The average molecular weight is 511 g/mol. The van der Waals surface area contributed by atoms with E-state index in [1.807, 2.05) is 13.8 Å². The van der Waals surface area contributed by atoms with Gasteiger partial charge in [0.05, 0.1) is 60.2 Å². The highest BCUT2D eigenvalue weighted by molar-refractivity contribution is 7.80. The van der Waals surface area contributed by atoms with E-state index in [2.05, 4.69) is 11.1 Å². The molecule has 0 saturated heterocycles. The van der Waals surface area contributed by atoms with E-state index in [-0.39, 0.29) is 44.2 Å². The molecule has 0 aliphatic heterocycles. The Morgan fingerprint density at radius 1 is 0.758 bits per heavy atom. The van der Waals surface area contributed by atoms with Gasteiger partial charge in [-0.05, 0) is 26.7 Å². The minimum Gasteiger partial charge on any atom is -0.633 e. The predicted molar refractivity (Wildman–Crippen MR) is 129 cm³/mol. The van der Waals surface area contributed by atoms with E-state index in [0.29, 0.717) is 26.1 Å². The molecule has 0 aliphatic carbocycles. The molecule has 0 unspecified atom stereocenters. The van der Waals surface area contributed by atoms with Crippen molar-refractivity contribution < 1.29 is 46.5 Å². The fraction of sp³-hybridized carbons (Fsp3) is 1.00. The van der Waals surface area contributed by atoms with Crippen molar-refractivity contribution in [1.82, 2.24) is 0 Å². The van der Waals surface area contributed by atoms with Crippen LogP contribution in [0.2, 0.25) is 0 Å². The number of likely N-dealkylation sites (N-methyl/N-ethyl adjacent to an activating group) is 1. The van der Waals surface area contributed by atoms with Crippen molar-refractivity contribution in [1.29, 1.82) is 0 Å². The topological polar surface area (TPSA) is 180 Å². The van der Waals surface area contributed by atoms with Crippen LogP contribution in [0.15, 0.2) is 0 Å². The number of nitrogens with zero attached hydrogens (tertiary/aromatic N) is 2. The molecule has 13 heteroatoms. The number of hydrogen-bond donors (Lipinski definition) is 4. The zero-order valence-corrected chi connectivity index (χ0v) is 22.3. The van der Waals surface area contributed by atoms with E-state index < -0.39 is 15.0 Å². The number of unbranched alkanes of at least 4 members (excludes halogenated alkanes) is 2. The van der Waals surface area contributed by atoms with Gasteiger partial charge in [0.2, 0.25) is 0 Å². The molecule has 0 atom stereocenters. The van der Waals surface area contributed by atoms with Gasteiger partial charge in [-0.2, -0.15) is 8.42 Å². The summed E-state index contributed by atoms with van der Waals surface area (Å²) in [6.45, 7) is 10.3. The van der Waals surface area contributed by atoms with Gasteiger partial charge < -0.3 is 39.8 Å². The van der Waals surface area contributed by atoms with Crippen molar-refractivity contribution in [2.24, 2.45) is 0 Å². The zero-order chi connectivity index (χ0) is 26.8. The lowest BCUT2D eigenvalue weighted by molar-refractivity contribution is -0.879. The summed E-state index contributed by atoms with van der Waals surface area (Å²) in [4.78, 5) is 0. The molecule has 0 aromatic rings. The Morgan fingerprint density at radius 3 is 1.45 bits per heavy atom. The number of hydrogen-bond acceptors (Lipinski definition) is 9. The van der Waals surface area contributed by atoms with Gasteiger partial charge in [-0.3, -0.25) is 4.55 Å². The van der Waals surface area contributed by atoms with Gasteiger partial charge >= 0.3 is 10.4 Å². The molecule has 0 fully saturated rings. The van der Waals surface area contributed by atoms with Gasteiger partial charge in [0.15, 0.2) is 0 Å². The van der Waals surface area contributed by atoms with Crippen molar-refractivity contribution in [3.05, 3.63) is 10.4 Å². The first-order valence-electron chi connectivity index (χ1n) is 11.4. The maximum atomic E-state index is 11.3. The van der Waals surface area contributed by atoms with Crippen LogP contribution in [-0.4, -0.2) is 117 Å². The average Bonchev–Trinajstić information content (AvgIpc) is 2.72. The Labute approximate surface area is 201 Å². The van der Waals surface area contributed by atoms with Crippen LogP contribution in [0.5, 0.6) is 0 Å². The third kappa shape index (κ3) is 45.7. The lowest BCUT2D eigenvalue weighted by atomic mass is 10.4. The fourth-order valence-corrected chi connectivity index (χ4v) is 1.84. The summed E-state index contributed by atoms with van der Waals surface area (Å²) in [6.07, 6.45) is 3.74. The molecule has 0 radical (unpaired) electrons. The van der Waals surface area contributed by atoms with E-state index in [1.54, 1.807) is 21.0 Å². The van der Waals surface area contributed by atoms with Gasteiger partial charge in [0.25, 0.3) is 0 Å². The molecule has 0 spiro atoms. The van der Waals surface area contributed by atoms with Crippen molar-refractivity contribution in [2.45, 2.75) is 53.4 Å². The van der Waals surface area contributed by atoms with E-state index in [9.17, 15) is 18.8 Å². The fourth-order valence-electron chi connectivity index (χ4n) is 1.51. The van der Waals surface area contributed by atoms with Crippen LogP contribution in [0.1, 0.15) is 53.4 Å². The molecule has 0 rings (SSSR count). The maximum Gasteiger partial charge on any atom is 0.397 e. The Bertz CT molecular complexity index is 462. The molecule has 0 heterocycles. The second-order valence-corrected chi connectivity index (χ2v) is 8.54. The van der Waals surface area contributed by atoms with E-state index in [1.165, 1.54) is 0 Å². The van der Waals surface area contributed by atoms with E-state index in [0.717, 1.165) is 25.9 Å². The molecule has 4 N–H and O–H groups in total. The van der Waals surface area contributed by atoms with E-state index >= 15 is 0 Å². The Hall–Kier alpha value is -0.450. The Morgan fingerprint density at radius 2 is 1.18 bits per heavy atom. The van der Waals surface area contributed by atoms with Gasteiger partial charge in [-0.25, -0.2) is 4.18 Å².